The lowest BCUT2D eigenvalue weighted by atomic mass is 10.2. The molecule has 144 valence electrons. The molecule has 2 aromatic rings. The van der Waals surface area contributed by atoms with Crippen LogP contribution in [0.25, 0.3) is 0 Å². The first kappa shape index (κ1) is 20.5. The molecule has 0 saturated heterocycles. The minimum atomic E-state index is -0.335. The van der Waals surface area contributed by atoms with Crippen molar-refractivity contribution in [3.63, 3.8) is 0 Å². The maximum atomic E-state index is 13.2. The normalized spacial score (nSPS) is 10.5. The Morgan fingerprint density at radius 1 is 1.00 bits per heavy atom. The summed E-state index contributed by atoms with van der Waals surface area (Å²) in [5.41, 5.74) is 1.71. The zero-order valence-electron chi connectivity index (χ0n) is 16.0. The molecule has 0 aliphatic rings. The summed E-state index contributed by atoms with van der Waals surface area (Å²) in [6.45, 7) is 7.41. The first-order valence-electron chi connectivity index (χ1n) is 9.04. The smallest absolute Gasteiger partial charge is 0.274 e. The molecule has 0 N–H and O–H groups in total. The highest BCUT2D eigenvalue weighted by Crippen LogP contribution is 2.11. The Labute approximate surface area is 159 Å². The highest BCUT2D eigenvalue weighted by molar-refractivity contribution is 5.92. The van der Waals surface area contributed by atoms with E-state index in [1.165, 1.54) is 24.5 Å². The van der Waals surface area contributed by atoms with Gasteiger partial charge >= 0.3 is 0 Å². The number of aryl methyl sites for hydroxylation is 1. The summed E-state index contributed by atoms with van der Waals surface area (Å²) in [6.07, 6.45) is 3.18. The highest BCUT2D eigenvalue weighted by Gasteiger charge is 2.20. The lowest BCUT2D eigenvalue weighted by molar-refractivity contribution is -0.131. The van der Waals surface area contributed by atoms with Crippen LogP contribution in [0.4, 0.5) is 4.39 Å². The lowest BCUT2D eigenvalue weighted by Gasteiger charge is -2.24. The summed E-state index contributed by atoms with van der Waals surface area (Å²) in [5.74, 6) is -0.649. The highest BCUT2D eigenvalue weighted by atomic mass is 19.1. The van der Waals surface area contributed by atoms with Crippen molar-refractivity contribution < 1.29 is 14.0 Å². The Morgan fingerprint density at radius 3 is 2.22 bits per heavy atom. The van der Waals surface area contributed by atoms with Crippen LogP contribution >= 0.6 is 0 Å². The Balaban J connectivity index is 2.16. The van der Waals surface area contributed by atoms with Crippen LogP contribution in [0.3, 0.4) is 0 Å². The molecule has 0 aliphatic carbocycles. The minimum Gasteiger partial charge on any atom is -0.343 e. The van der Waals surface area contributed by atoms with E-state index >= 15 is 0 Å². The van der Waals surface area contributed by atoms with Crippen LogP contribution in [0.15, 0.2) is 36.7 Å². The quantitative estimate of drug-likeness (QED) is 0.715. The molecule has 0 bridgehead atoms. The van der Waals surface area contributed by atoms with Crippen LogP contribution in [0.1, 0.15) is 42.0 Å². The van der Waals surface area contributed by atoms with E-state index in [9.17, 15) is 14.0 Å². The number of benzene rings is 1. The van der Waals surface area contributed by atoms with Crippen molar-refractivity contribution in [1.82, 2.24) is 19.8 Å². The zero-order valence-corrected chi connectivity index (χ0v) is 16.0. The maximum absolute atomic E-state index is 13.2. The number of aromatic nitrogens is 2. The van der Waals surface area contributed by atoms with Crippen LogP contribution in [0, 0.1) is 12.7 Å². The van der Waals surface area contributed by atoms with Crippen LogP contribution in [0.5, 0.6) is 0 Å². The summed E-state index contributed by atoms with van der Waals surface area (Å²) in [4.78, 5) is 36.7. The van der Waals surface area contributed by atoms with Crippen LogP contribution in [-0.4, -0.2) is 51.2 Å². The predicted molar refractivity (Wildman–Crippen MR) is 100 cm³/mol. The van der Waals surface area contributed by atoms with Gasteiger partial charge < -0.3 is 9.80 Å². The van der Waals surface area contributed by atoms with E-state index in [1.807, 2.05) is 13.8 Å². The summed E-state index contributed by atoms with van der Waals surface area (Å²) in [6, 6.07) is 5.96. The van der Waals surface area contributed by atoms with E-state index in [0.717, 1.165) is 5.56 Å². The van der Waals surface area contributed by atoms with Crippen LogP contribution < -0.4 is 0 Å². The van der Waals surface area contributed by atoms with E-state index in [0.29, 0.717) is 18.8 Å². The molecular formula is C20H25FN4O2. The van der Waals surface area contributed by atoms with E-state index in [-0.39, 0.29) is 42.8 Å². The first-order chi connectivity index (χ1) is 12.9. The van der Waals surface area contributed by atoms with Gasteiger partial charge in [0, 0.05) is 38.8 Å². The molecule has 7 heteroatoms. The number of carbonyl (C=O) groups excluding carboxylic acids is 2. The number of rotatable bonds is 8. The molecule has 0 radical (unpaired) electrons. The van der Waals surface area contributed by atoms with Gasteiger partial charge in [-0.1, -0.05) is 12.1 Å². The van der Waals surface area contributed by atoms with Gasteiger partial charge in [-0.15, -0.1) is 0 Å². The van der Waals surface area contributed by atoms with Crippen molar-refractivity contribution in [2.45, 2.75) is 33.7 Å². The SMILES string of the molecule is CCN(CC)C(=O)CCN(Cc1ccc(F)cc1)C(=O)c1cnc(C)cn1. The summed E-state index contributed by atoms with van der Waals surface area (Å²) in [5, 5.41) is 0. The summed E-state index contributed by atoms with van der Waals surface area (Å²) in [7, 11) is 0. The molecule has 1 aromatic carbocycles. The molecule has 0 spiro atoms. The van der Waals surface area contributed by atoms with E-state index in [4.69, 9.17) is 0 Å². The van der Waals surface area contributed by atoms with Crippen molar-refractivity contribution in [2.24, 2.45) is 0 Å². The monoisotopic (exact) mass is 372 g/mol. The fourth-order valence-electron chi connectivity index (χ4n) is 2.69. The molecule has 27 heavy (non-hydrogen) atoms. The molecule has 0 atom stereocenters. The van der Waals surface area contributed by atoms with Gasteiger partial charge in [0.25, 0.3) is 5.91 Å². The third kappa shape index (κ3) is 5.84. The second-order valence-electron chi connectivity index (χ2n) is 6.21. The Hall–Kier alpha value is -2.83. The second-order valence-corrected chi connectivity index (χ2v) is 6.21. The fourth-order valence-corrected chi connectivity index (χ4v) is 2.69. The first-order valence-corrected chi connectivity index (χ1v) is 9.04. The van der Waals surface area contributed by atoms with Gasteiger partial charge in [-0.25, -0.2) is 9.37 Å². The van der Waals surface area contributed by atoms with Gasteiger partial charge in [0.2, 0.25) is 5.91 Å². The second kappa shape index (κ2) is 9.75. The van der Waals surface area contributed by atoms with Crippen molar-refractivity contribution in [1.29, 1.82) is 0 Å². The number of halogens is 1. The van der Waals surface area contributed by atoms with Crippen LogP contribution in [-0.2, 0) is 11.3 Å². The Bertz CT molecular complexity index is 759. The molecule has 0 fully saturated rings. The number of hydrogen-bond acceptors (Lipinski definition) is 4. The molecule has 2 amide bonds. The third-order valence-electron chi connectivity index (χ3n) is 4.29. The van der Waals surface area contributed by atoms with E-state index in [2.05, 4.69) is 9.97 Å². The molecule has 0 saturated carbocycles. The van der Waals surface area contributed by atoms with Gasteiger partial charge in [-0.3, -0.25) is 14.6 Å². The predicted octanol–water partition coefficient (Wildman–Crippen LogP) is 2.83. The van der Waals surface area contributed by atoms with E-state index in [1.54, 1.807) is 28.9 Å². The number of nitrogens with zero attached hydrogens (tertiary/aromatic N) is 4. The Kier molecular flexibility index (Phi) is 7.40. The lowest BCUT2D eigenvalue weighted by Crippen LogP contribution is -2.37. The fraction of sp³-hybridized carbons (Fsp3) is 0.400. The zero-order chi connectivity index (χ0) is 19.8. The van der Waals surface area contributed by atoms with Gasteiger partial charge in [-0.05, 0) is 38.5 Å². The standard InChI is InChI=1S/C20H25FN4O2/c1-4-24(5-2)19(26)10-11-25(14-16-6-8-17(21)9-7-16)20(27)18-13-22-15(3)12-23-18/h6-9,12-13H,4-5,10-11,14H2,1-3H3. The molecule has 1 aromatic heterocycles. The molecule has 0 aliphatic heterocycles. The van der Waals surface area contributed by atoms with Crippen molar-refractivity contribution in [3.8, 4) is 0 Å². The number of hydrogen-bond donors (Lipinski definition) is 0. The van der Waals surface area contributed by atoms with Crippen molar-refractivity contribution in [2.75, 3.05) is 19.6 Å². The number of carbonyl (C=O) groups is 2. The van der Waals surface area contributed by atoms with Gasteiger partial charge in [0.15, 0.2) is 0 Å². The number of amides is 2. The molecular weight excluding hydrogens is 347 g/mol. The van der Waals surface area contributed by atoms with Gasteiger partial charge in [-0.2, -0.15) is 0 Å². The average molecular weight is 372 g/mol. The van der Waals surface area contributed by atoms with Gasteiger partial charge in [0.05, 0.1) is 11.9 Å². The maximum Gasteiger partial charge on any atom is 0.274 e. The topological polar surface area (TPSA) is 66.4 Å². The molecule has 0 unspecified atom stereocenters. The average Bonchev–Trinajstić information content (AvgIpc) is 2.67. The largest absolute Gasteiger partial charge is 0.343 e. The Morgan fingerprint density at radius 2 is 1.67 bits per heavy atom. The van der Waals surface area contributed by atoms with Crippen molar-refractivity contribution >= 4 is 11.8 Å². The molecule has 6 nitrogen and oxygen atoms in total. The minimum absolute atomic E-state index is 0.00750. The molecule has 1 heterocycles. The van der Waals surface area contributed by atoms with Gasteiger partial charge in [0.1, 0.15) is 11.5 Å². The summed E-state index contributed by atoms with van der Waals surface area (Å²) < 4.78 is 13.2. The summed E-state index contributed by atoms with van der Waals surface area (Å²) >= 11 is 0. The molecule has 2 rings (SSSR count). The van der Waals surface area contributed by atoms with Crippen molar-refractivity contribution in [3.05, 3.63) is 59.4 Å². The van der Waals surface area contributed by atoms with E-state index < -0.39 is 0 Å². The van der Waals surface area contributed by atoms with Crippen LogP contribution in [0.2, 0.25) is 0 Å². The third-order valence-corrected chi connectivity index (χ3v) is 4.29.